The van der Waals surface area contributed by atoms with Gasteiger partial charge in [-0.3, -0.25) is 9.78 Å². The number of amides is 1. The number of halogens is 2. The molecule has 0 spiro atoms. The molecule has 0 bridgehead atoms. The first-order valence-electron chi connectivity index (χ1n) is 7.54. The van der Waals surface area contributed by atoms with Gasteiger partial charge < -0.3 is 10.6 Å². The predicted molar refractivity (Wildman–Crippen MR) is 103 cm³/mol. The molecule has 1 amide bonds. The maximum absolute atomic E-state index is 12.5. The molecule has 3 rings (SSSR count). The molecular formula is C19H12Cl2N4O. The second kappa shape index (κ2) is 7.87. The molecule has 2 N–H and O–H groups in total. The molecule has 3 aromatic rings. The molecule has 1 aromatic heterocycles. The first-order valence-corrected chi connectivity index (χ1v) is 8.29. The molecule has 26 heavy (non-hydrogen) atoms. The van der Waals surface area contributed by atoms with Crippen LogP contribution in [0.25, 0.3) is 0 Å². The Morgan fingerprint density at radius 2 is 1.88 bits per heavy atom. The van der Waals surface area contributed by atoms with E-state index in [1.54, 1.807) is 48.7 Å². The summed E-state index contributed by atoms with van der Waals surface area (Å²) in [5.41, 5.74) is 2.64. The Bertz CT molecular complexity index is 1010. The van der Waals surface area contributed by atoms with Crippen LogP contribution in [0.4, 0.5) is 17.1 Å². The molecule has 0 unspecified atom stereocenters. The van der Waals surface area contributed by atoms with Crippen LogP contribution in [0.3, 0.4) is 0 Å². The highest BCUT2D eigenvalue weighted by atomic mass is 35.5. The van der Waals surface area contributed by atoms with Gasteiger partial charge in [0.1, 0.15) is 0 Å². The maximum Gasteiger partial charge on any atom is 0.257 e. The normalized spacial score (nSPS) is 10.0. The SMILES string of the molecule is N#Cc1cccc(Nc2cncc(C(=O)Nc3cc(Cl)ccc3Cl)c2)c1. The zero-order valence-corrected chi connectivity index (χ0v) is 14.8. The summed E-state index contributed by atoms with van der Waals surface area (Å²) >= 11 is 12.0. The molecule has 0 aliphatic rings. The quantitative estimate of drug-likeness (QED) is 0.645. The second-order valence-corrected chi connectivity index (χ2v) is 6.20. The number of pyridine rings is 1. The number of hydrogen-bond acceptors (Lipinski definition) is 4. The molecule has 7 heteroatoms. The second-order valence-electron chi connectivity index (χ2n) is 5.36. The molecule has 0 aliphatic heterocycles. The minimum Gasteiger partial charge on any atom is -0.354 e. The van der Waals surface area contributed by atoms with Gasteiger partial charge in [-0.05, 0) is 42.5 Å². The highest BCUT2D eigenvalue weighted by Gasteiger charge is 2.10. The van der Waals surface area contributed by atoms with Gasteiger partial charge in [-0.25, -0.2) is 0 Å². The van der Waals surface area contributed by atoms with E-state index in [0.717, 1.165) is 5.69 Å². The zero-order valence-electron chi connectivity index (χ0n) is 13.3. The Labute approximate surface area is 160 Å². The van der Waals surface area contributed by atoms with Gasteiger partial charge in [0.05, 0.1) is 39.8 Å². The van der Waals surface area contributed by atoms with E-state index in [0.29, 0.717) is 32.5 Å². The topological polar surface area (TPSA) is 77.8 Å². The molecule has 0 atom stereocenters. The van der Waals surface area contributed by atoms with Crippen LogP contribution in [0.15, 0.2) is 60.9 Å². The summed E-state index contributed by atoms with van der Waals surface area (Å²) in [5.74, 6) is -0.365. The summed E-state index contributed by atoms with van der Waals surface area (Å²) < 4.78 is 0. The highest BCUT2D eigenvalue weighted by molar-refractivity contribution is 6.35. The Hall–Kier alpha value is -3.07. The number of carbonyl (C=O) groups is 1. The van der Waals surface area contributed by atoms with Crippen molar-refractivity contribution in [1.82, 2.24) is 4.98 Å². The third-order valence-corrected chi connectivity index (χ3v) is 4.02. The van der Waals surface area contributed by atoms with Gasteiger partial charge in [0.15, 0.2) is 0 Å². The van der Waals surface area contributed by atoms with Gasteiger partial charge in [0.25, 0.3) is 5.91 Å². The van der Waals surface area contributed by atoms with Crippen LogP contribution in [-0.4, -0.2) is 10.9 Å². The van der Waals surface area contributed by atoms with Gasteiger partial charge in [0, 0.05) is 16.9 Å². The van der Waals surface area contributed by atoms with Crippen LogP contribution in [0.1, 0.15) is 15.9 Å². The van der Waals surface area contributed by atoms with Crippen molar-refractivity contribution < 1.29 is 4.79 Å². The number of nitrogens with zero attached hydrogens (tertiary/aromatic N) is 2. The lowest BCUT2D eigenvalue weighted by Gasteiger charge is -2.10. The molecule has 2 aromatic carbocycles. The number of hydrogen-bond donors (Lipinski definition) is 2. The molecule has 1 heterocycles. The van der Waals surface area contributed by atoms with Crippen molar-refractivity contribution in [1.29, 1.82) is 5.26 Å². The fourth-order valence-electron chi connectivity index (χ4n) is 2.25. The lowest BCUT2D eigenvalue weighted by Crippen LogP contribution is -2.13. The van der Waals surface area contributed by atoms with E-state index in [4.69, 9.17) is 28.5 Å². The van der Waals surface area contributed by atoms with Crippen molar-refractivity contribution in [2.45, 2.75) is 0 Å². The Morgan fingerprint density at radius 3 is 2.69 bits per heavy atom. The van der Waals surface area contributed by atoms with E-state index in [9.17, 15) is 4.79 Å². The summed E-state index contributed by atoms with van der Waals surface area (Å²) in [6.45, 7) is 0. The molecule has 0 saturated carbocycles. The number of nitriles is 1. The zero-order chi connectivity index (χ0) is 18.5. The van der Waals surface area contributed by atoms with E-state index >= 15 is 0 Å². The number of carbonyl (C=O) groups excluding carboxylic acids is 1. The number of rotatable bonds is 4. The van der Waals surface area contributed by atoms with E-state index in [-0.39, 0.29) is 5.91 Å². The number of aromatic nitrogens is 1. The smallest absolute Gasteiger partial charge is 0.257 e. The van der Waals surface area contributed by atoms with E-state index in [1.165, 1.54) is 6.20 Å². The molecule has 0 fully saturated rings. The monoisotopic (exact) mass is 382 g/mol. The summed E-state index contributed by atoms with van der Waals surface area (Å²) in [4.78, 5) is 16.5. The number of anilines is 3. The summed E-state index contributed by atoms with van der Waals surface area (Å²) in [6, 6.07) is 15.6. The van der Waals surface area contributed by atoms with Crippen LogP contribution in [0.5, 0.6) is 0 Å². The van der Waals surface area contributed by atoms with Gasteiger partial charge in [-0.1, -0.05) is 29.3 Å². The van der Waals surface area contributed by atoms with Crippen LogP contribution < -0.4 is 10.6 Å². The first-order chi connectivity index (χ1) is 12.5. The lowest BCUT2D eigenvalue weighted by atomic mass is 10.2. The first kappa shape index (κ1) is 17.7. The van der Waals surface area contributed by atoms with Crippen molar-refractivity contribution in [2.75, 3.05) is 10.6 Å². The largest absolute Gasteiger partial charge is 0.354 e. The van der Waals surface area contributed by atoms with Crippen LogP contribution >= 0.6 is 23.2 Å². The van der Waals surface area contributed by atoms with Gasteiger partial charge in [-0.15, -0.1) is 0 Å². The van der Waals surface area contributed by atoms with Gasteiger partial charge in [-0.2, -0.15) is 5.26 Å². The van der Waals surface area contributed by atoms with Crippen LogP contribution in [0.2, 0.25) is 10.0 Å². The average molecular weight is 383 g/mol. The third-order valence-electron chi connectivity index (χ3n) is 3.46. The fraction of sp³-hybridized carbons (Fsp3) is 0. The number of benzene rings is 2. The van der Waals surface area contributed by atoms with Gasteiger partial charge >= 0.3 is 0 Å². The minimum atomic E-state index is -0.365. The molecule has 5 nitrogen and oxygen atoms in total. The van der Waals surface area contributed by atoms with Gasteiger partial charge in [0.2, 0.25) is 0 Å². The van der Waals surface area contributed by atoms with E-state index in [1.807, 2.05) is 6.07 Å². The summed E-state index contributed by atoms with van der Waals surface area (Å²) in [6.07, 6.45) is 3.03. The van der Waals surface area contributed by atoms with E-state index in [2.05, 4.69) is 21.7 Å². The highest BCUT2D eigenvalue weighted by Crippen LogP contribution is 2.26. The standard InChI is InChI=1S/C19H12Cl2N4O/c20-14-4-5-17(21)18(8-14)25-19(26)13-7-16(11-23-10-13)24-15-3-1-2-12(6-15)9-22/h1-8,10-11,24H,(H,25,26). The minimum absolute atomic E-state index is 0.350. The van der Waals surface area contributed by atoms with Crippen molar-refractivity contribution >= 4 is 46.2 Å². The molecule has 128 valence electrons. The molecule has 0 saturated heterocycles. The Balaban J connectivity index is 1.79. The lowest BCUT2D eigenvalue weighted by molar-refractivity contribution is 0.102. The Kier molecular flexibility index (Phi) is 5.37. The molecule has 0 aliphatic carbocycles. The van der Waals surface area contributed by atoms with Crippen molar-refractivity contribution in [3.8, 4) is 6.07 Å². The van der Waals surface area contributed by atoms with Crippen LogP contribution in [0, 0.1) is 11.3 Å². The molecule has 0 radical (unpaired) electrons. The van der Waals surface area contributed by atoms with Crippen LogP contribution in [-0.2, 0) is 0 Å². The van der Waals surface area contributed by atoms with Crippen molar-refractivity contribution in [2.24, 2.45) is 0 Å². The molecular weight excluding hydrogens is 371 g/mol. The number of nitrogens with one attached hydrogen (secondary N) is 2. The third kappa shape index (κ3) is 4.31. The maximum atomic E-state index is 12.5. The van der Waals surface area contributed by atoms with Crippen molar-refractivity contribution in [3.05, 3.63) is 82.1 Å². The van der Waals surface area contributed by atoms with E-state index < -0.39 is 0 Å². The summed E-state index contributed by atoms with van der Waals surface area (Å²) in [7, 11) is 0. The summed E-state index contributed by atoms with van der Waals surface area (Å²) in [5, 5.41) is 15.6. The predicted octanol–water partition coefficient (Wildman–Crippen LogP) is 5.26. The fourth-order valence-corrected chi connectivity index (χ4v) is 2.59. The van der Waals surface area contributed by atoms with Crippen molar-refractivity contribution in [3.63, 3.8) is 0 Å². The average Bonchev–Trinajstić information content (AvgIpc) is 2.65. The Morgan fingerprint density at radius 1 is 1.04 bits per heavy atom.